The van der Waals surface area contributed by atoms with Crippen molar-refractivity contribution in [3.05, 3.63) is 64.6 Å². The first-order valence-corrected chi connectivity index (χ1v) is 17.7. The van der Waals surface area contributed by atoms with Gasteiger partial charge in [-0.05, 0) is 87.0 Å². The summed E-state index contributed by atoms with van der Waals surface area (Å²) in [6, 6.07) is 9.48. The minimum absolute atomic E-state index is 0.0478. The molecule has 10 nitrogen and oxygen atoms in total. The van der Waals surface area contributed by atoms with Crippen LogP contribution in [0.5, 0.6) is 0 Å². The molecule has 2 N–H and O–H groups in total. The Labute approximate surface area is 289 Å². The van der Waals surface area contributed by atoms with Crippen LogP contribution in [0.2, 0.25) is 5.02 Å². The summed E-state index contributed by atoms with van der Waals surface area (Å²) in [4.78, 5) is 40.2. The van der Waals surface area contributed by atoms with E-state index in [9.17, 15) is 19.5 Å². The normalized spacial score (nSPS) is 28.7. The van der Waals surface area contributed by atoms with Crippen LogP contribution in [0.4, 0.5) is 10.1 Å². The van der Waals surface area contributed by atoms with Crippen LogP contribution in [0.1, 0.15) is 73.7 Å². The first-order chi connectivity index (χ1) is 23.7. The molecule has 2 unspecified atom stereocenters. The number of furan rings is 1. The summed E-state index contributed by atoms with van der Waals surface area (Å²) in [5.74, 6) is -1.83. The monoisotopic (exact) mass is 696 g/mol. The molecular formula is C37H42ClFN2O8. The number of para-hydroxylation sites is 1. The summed E-state index contributed by atoms with van der Waals surface area (Å²) in [5.41, 5.74) is 1.10. The number of halogens is 2. The summed E-state index contributed by atoms with van der Waals surface area (Å²) in [5, 5.41) is 12.8. The van der Waals surface area contributed by atoms with Gasteiger partial charge in [0.2, 0.25) is 5.91 Å². The summed E-state index contributed by atoms with van der Waals surface area (Å²) >= 11 is 6.54. The van der Waals surface area contributed by atoms with Crippen LogP contribution in [0, 0.1) is 23.6 Å². The van der Waals surface area contributed by atoms with Crippen LogP contribution >= 0.6 is 11.6 Å². The van der Waals surface area contributed by atoms with Gasteiger partial charge in [-0.1, -0.05) is 36.2 Å². The Morgan fingerprint density at radius 2 is 1.80 bits per heavy atom. The molecule has 2 amide bonds. The molecule has 2 saturated heterocycles. The first-order valence-electron chi connectivity index (χ1n) is 17.4. The lowest BCUT2D eigenvalue weighted by atomic mass is 9.84. The summed E-state index contributed by atoms with van der Waals surface area (Å²) in [7, 11) is 0. The molecule has 4 fully saturated rings. The topological polar surface area (TPSA) is 128 Å². The number of likely N-dealkylation sites (tertiary alicyclic amines) is 1. The number of nitrogens with one attached hydrogen (secondary N) is 1. The molecule has 0 spiro atoms. The lowest BCUT2D eigenvalue weighted by molar-refractivity contribution is -0.144. The number of hydrogen-bond acceptors (Lipinski definition) is 7. The third kappa shape index (κ3) is 7.50. The molecule has 12 heteroatoms. The minimum atomic E-state index is -0.759. The summed E-state index contributed by atoms with van der Waals surface area (Å²) in [6.07, 6.45) is 8.52. The summed E-state index contributed by atoms with van der Waals surface area (Å²) < 4.78 is 39.0. The van der Waals surface area contributed by atoms with Gasteiger partial charge in [-0.3, -0.25) is 14.4 Å². The van der Waals surface area contributed by atoms with E-state index in [1.807, 2.05) is 4.90 Å². The van der Waals surface area contributed by atoms with E-state index in [2.05, 4.69) is 5.32 Å². The molecule has 49 heavy (non-hydrogen) atoms. The SMILES string of the molecule is O=C(Nc1cc(F)c(CC(=O)N2CC(C3CCC[C@@H]4OCO[C@@H]4C3)C[C@H]2COC2CCC(C(=O)O)CC2)cc1Cl)c1coc2ccccc12. The van der Waals surface area contributed by atoms with E-state index in [0.717, 1.165) is 38.2 Å². The number of carbonyl (C=O) groups is 3. The van der Waals surface area contributed by atoms with Gasteiger partial charge in [-0.2, -0.15) is 0 Å². The highest BCUT2D eigenvalue weighted by molar-refractivity contribution is 6.34. The van der Waals surface area contributed by atoms with E-state index in [-0.39, 0.29) is 64.8 Å². The molecule has 2 aliphatic carbocycles. The summed E-state index contributed by atoms with van der Waals surface area (Å²) in [6.45, 7) is 1.22. The fourth-order valence-electron chi connectivity index (χ4n) is 8.25. The second-order valence-electron chi connectivity index (χ2n) is 14.0. The Bertz CT molecular complexity index is 1690. The average Bonchev–Trinajstić information content (AvgIpc) is 3.82. The molecule has 0 bridgehead atoms. The number of ether oxygens (including phenoxy) is 3. The van der Waals surface area contributed by atoms with Crippen LogP contribution in [0.3, 0.4) is 0 Å². The maximum Gasteiger partial charge on any atom is 0.306 e. The second kappa shape index (κ2) is 14.8. The molecule has 262 valence electrons. The van der Waals surface area contributed by atoms with E-state index in [1.54, 1.807) is 24.3 Å². The van der Waals surface area contributed by atoms with Crippen LogP contribution < -0.4 is 5.32 Å². The Morgan fingerprint density at radius 1 is 1.00 bits per heavy atom. The fourth-order valence-corrected chi connectivity index (χ4v) is 8.49. The zero-order valence-corrected chi connectivity index (χ0v) is 28.0. The predicted octanol–water partition coefficient (Wildman–Crippen LogP) is 6.83. The number of anilines is 1. The number of carboxylic acid groups (broad SMARTS) is 1. The van der Waals surface area contributed by atoms with Crippen molar-refractivity contribution in [1.29, 1.82) is 0 Å². The largest absolute Gasteiger partial charge is 0.481 e. The number of fused-ring (bicyclic) bond motifs is 2. The van der Waals surface area contributed by atoms with Gasteiger partial charge in [-0.25, -0.2) is 4.39 Å². The second-order valence-corrected chi connectivity index (χ2v) is 14.4. The maximum absolute atomic E-state index is 15.5. The van der Waals surface area contributed by atoms with Crippen LogP contribution in [-0.4, -0.2) is 72.1 Å². The Kier molecular flexibility index (Phi) is 10.2. The highest BCUT2D eigenvalue weighted by Crippen LogP contribution is 2.40. The van der Waals surface area contributed by atoms with E-state index in [1.165, 1.54) is 12.3 Å². The van der Waals surface area contributed by atoms with Crippen molar-refractivity contribution in [3.63, 3.8) is 0 Å². The van der Waals surface area contributed by atoms with Gasteiger partial charge in [0.25, 0.3) is 5.91 Å². The highest BCUT2D eigenvalue weighted by Gasteiger charge is 2.43. The van der Waals surface area contributed by atoms with Crippen molar-refractivity contribution < 1.29 is 42.5 Å². The van der Waals surface area contributed by atoms with Gasteiger partial charge >= 0.3 is 5.97 Å². The van der Waals surface area contributed by atoms with Gasteiger partial charge in [0.1, 0.15) is 24.5 Å². The number of aliphatic carboxylic acids is 1. The lowest BCUT2D eigenvalue weighted by Gasteiger charge is -2.30. The third-order valence-electron chi connectivity index (χ3n) is 11.0. The standard InChI is InChI=1S/C37H42ClFN2O8/c38-29-13-23(30(39)16-31(29)40-36(43)28-19-47-32-6-2-1-5-27(28)32)15-35(42)41-17-24(22-4-3-7-33-34(14-22)49-20-48-33)12-25(41)18-46-26-10-8-21(9-11-26)37(44)45/h1-2,5-6,13,16,19,21-22,24-26,33-34H,3-4,7-12,14-15,17-18,20H2,(H,40,43)(H,44,45)/t21?,22?,24?,25-,26?,33-,34+/m0/s1. The number of amides is 2. The number of hydrogen-bond donors (Lipinski definition) is 2. The Balaban J connectivity index is 1.04. The molecule has 5 atom stereocenters. The molecular weight excluding hydrogens is 655 g/mol. The van der Waals surface area contributed by atoms with Crippen molar-refractivity contribution in [3.8, 4) is 0 Å². The Morgan fingerprint density at radius 3 is 2.61 bits per heavy atom. The number of nitrogens with zero attached hydrogens (tertiary/aromatic N) is 1. The molecule has 0 radical (unpaired) electrons. The van der Waals surface area contributed by atoms with Crippen LogP contribution in [0.15, 0.2) is 47.1 Å². The van der Waals surface area contributed by atoms with E-state index >= 15 is 4.39 Å². The van der Waals surface area contributed by atoms with Crippen LogP contribution in [-0.2, 0) is 30.2 Å². The smallest absolute Gasteiger partial charge is 0.306 e. The van der Waals surface area contributed by atoms with Gasteiger partial charge in [0, 0.05) is 11.9 Å². The van der Waals surface area contributed by atoms with Crippen molar-refractivity contribution in [2.45, 2.75) is 88.6 Å². The number of carbonyl (C=O) groups excluding carboxylic acids is 2. The van der Waals surface area contributed by atoms with E-state index in [0.29, 0.717) is 68.1 Å². The predicted molar refractivity (Wildman–Crippen MR) is 179 cm³/mol. The fraction of sp³-hybridized carbons (Fsp3) is 0.541. The zero-order valence-electron chi connectivity index (χ0n) is 27.3. The third-order valence-corrected chi connectivity index (χ3v) is 11.3. The number of carboxylic acids is 1. The molecule has 7 rings (SSSR count). The van der Waals surface area contributed by atoms with Gasteiger partial charge < -0.3 is 34.0 Å². The molecule has 4 aliphatic rings. The highest BCUT2D eigenvalue weighted by atomic mass is 35.5. The molecule has 1 aromatic heterocycles. The first kappa shape index (κ1) is 34.0. The number of benzene rings is 2. The van der Waals surface area contributed by atoms with Crippen molar-refractivity contribution in [1.82, 2.24) is 4.90 Å². The molecule has 2 aromatic carbocycles. The molecule has 2 saturated carbocycles. The van der Waals surface area contributed by atoms with Gasteiger partial charge in [0.05, 0.1) is 59.6 Å². The van der Waals surface area contributed by atoms with E-state index < -0.39 is 17.7 Å². The van der Waals surface area contributed by atoms with Crippen LogP contribution in [0.25, 0.3) is 11.0 Å². The van der Waals surface area contributed by atoms with Gasteiger partial charge in [0.15, 0.2) is 0 Å². The maximum atomic E-state index is 15.5. The number of rotatable bonds is 9. The Hall–Kier alpha value is -3.51. The molecule has 3 aromatic rings. The lowest BCUT2D eigenvalue weighted by Crippen LogP contribution is -2.40. The molecule has 3 heterocycles. The van der Waals surface area contributed by atoms with Crippen molar-refractivity contribution >= 4 is 46.0 Å². The van der Waals surface area contributed by atoms with E-state index in [4.69, 9.17) is 30.2 Å². The van der Waals surface area contributed by atoms with Crippen molar-refractivity contribution in [2.24, 2.45) is 17.8 Å². The minimum Gasteiger partial charge on any atom is -0.481 e. The zero-order chi connectivity index (χ0) is 34.1. The van der Waals surface area contributed by atoms with Crippen molar-refractivity contribution in [2.75, 3.05) is 25.3 Å². The average molecular weight is 697 g/mol. The van der Waals surface area contributed by atoms with Gasteiger partial charge in [-0.15, -0.1) is 0 Å². The quantitative estimate of drug-likeness (QED) is 0.249. The molecule has 2 aliphatic heterocycles.